The summed E-state index contributed by atoms with van der Waals surface area (Å²) in [5.74, 6) is 0. The highest BCUT2D eigenvalue weighted by Crippen LogP contribution is 2.33. The van der Waals surface area contributed by atoms with Gasteiger partial charge in [-0.15, -0.1) is 0 Å². The fourth-order valence-electron chi connectivity index (χ4n) is 5.58. The second-order valence-electron chi connectivity index (χ2n) is 9.50. The van der Waals surface area contributed by atoms with Crippen molar-refractivity contribution in [3.05, 3.63) is 59.2 Å². The molecule has 1 saturated heterocycles. The molecule has 0 saturated carbocycles. The number of aryl methyl sites for hydroxylation is 1. The van der Waals surface area contributed by atoms with E-state index in [-0.39, 0.29) is 0 Å². The van der Waals surface area contributed by atoms with Gasteiger partial charge in [-0.3, -0.25) is 19.8 Å². The van der Waals surface area contributed by atoms with Crippen molar-refractivity contribution in [1.29, 1.82) is 0 Å². The quantitative estimate of drug-likeness (QED) is 0.644. The molecule has 0 bridgehead atoms. The number of morpholine rings is 1. The van der Waals surface area contributed by atoms with Gasteiger partial charge in [0.25, 0.3) is 0 Å². The first-order chi connectivity index (χ1) is 15.9. The Labute approximate surface area is 192 Å². The summed E-state index contributed by atoms with van der Waals surface area (Å²) in [4.78, 5) is 14.8. The van der Waals surface area contributed by atoms with Crippen LogP contribution >= 0.6 is 0 Å². The minimum Gasteiger partial charge on any atom is -0.379 e. The van der Waals surface area contributed by atoms with Crippen LogP contribution in [0.4, 0.5) is 0 Å². The van der Waals surface area contributed by atoms with Gasteiger partial charge < -0.3 is 10.1 Å². The van der Waals surface area contributed by atoms with Crippen LogP contribution in [0.5, 0.6) is 0 Å². The SMILES string of the molecule is c1cnc2c(c1)CN[C@H](CN(CCCCN1CCOCC1)[C@@H]1CCCc3cccnc31)C2. The standard InChI is InChI=1S/C26H37N5O/c1(12-30-14-16-32-17-15-30)2-13-31(25-9-3-6-21-7-4-11-28-26(21)25)20-23-18-24-22(19-29-23)8-5-10-27-24/h4-5,7-8,10-11,23,25,29H,1-3,6,9,12-20H2/t23-,25+/m0/s1. The Kier molecular flexibility index (Phi) is 7.44. The molecule has 2 aromatic rings. The Balaban J connectivity index is 1.25. The number of hydrogen-bond acceptors (Lipinski definition) is 6. The molecular formula is C26H37N5O. The van der Waals surface area contributed by atoms with E-state index in [1.54, 1.807) is 0 Å². The number of rotatable bonds is 8. The van der Waals surface area contributed by atoms with E-state index in [0.717, 1.165) is 52.4 Å². The highest BCUT2D eigenvalue weighted by atomic mass is 16.5. The molecule has 172 valence electrons. The molecule has 0 radical (unpaired) electrons. The Bertz CT molecular complexity index is 869. The number of nitrogens with zero attached hydrogens (tertiary/aromatic N) is 4. The fraction of sp³-hybridized carbons (Fsp3) is 0.615. The van der Waals surface area contributed by atoms with Gasteiger partial charge in [-0.05, 0) is 68.5 Å². The average molecular weight is 436 g/mol. The van der Waals surface area contributed by atoms with Crippen LogP contribution in [0.25, 0.3) is 0 Å². The molecule has 32 heavy (non-hydrogen) atoms. The summed E-state index contributed by atoms with van der Waals surface area (Å²) in [5.41, 5.74) is 5.39. The summed E-state index contributed by atoms with van der Waals surface area (Å²) in [5, 5.41) is 3.79. The third-order valence-corrected chi connectivity index (χ3v) is 7.34. The molecule has 0 spiro atoms. The zero-order valence-electron chi connectivity index (χ0n) is 19.2. The molecule has 2 aromatic heterocycles. The van der Waals surface area contributed by atoms with E-state index in [2.05, 4.69) is 38.3 Å². The highest BCUT2D eigenvalue weighted by molar-refractivity contribution is 5.26. The number of hydrogen-bond donors (Lipinski definition) is 1. The highest BCUT2D eigenvalue weighted by Gasteiger charge is 2.30. The first kappa shape index (κ1) is 22.0. The lowest BCUT2D eigenvalue weighted by Crippen LogP contribution is -2.47. The molecule has 3 aliphatic rings. The van der Waals surface area contributed by atoms with Gasteiger partial charge in [0, 0.05) is 56.7 Å². The molecule has 6 heteroatoms. The van der Waals surface area contributed by atoms with Gasteiger partial charge in [0.1, 0.15) is 0 Å². The summed E-state index contributed by atoms with van der Waals surface area (Å²) < 4.78 is 5.50. The van der Waals surface area contributed by atoms with Gasteiger partial charge in [0.05, 0.1) is 24.9 Å². The second-order valence-corrected chi connectivity index (χ2v) is 9.50. The second kappa shape index (κ2) is 10.8. The third kappa shape index (κ3) is 5.37. The molecular weight excluding hydrogens is 398 g/mol. The van der Waals surface area contributed by atoms with Crippen LogP contribution in [0.2, 0.25) is 0 Å². The molecule has 2 atom stereocenters. The van der Waals surface area contributed by atoms with Gasteiger partial charge in [0.15, 0.2) is 0 Å². The van der Waals surface area contributed by atoms with Gasteiger partial charge in [0.2, 0.25) is 0 Å². The minimum absolute atomic E-state index is 0.440. The zero-order chi connectivity index (χ0) is 21.6. The Hall–Kier alpha value is -1.86. The number of pyridine rings is 2. The summed E-state index contributed by atoms with van der Waals surface area (Å²) >= 11 is 0. The average Bonchev–Trinajstić information content (AvgIpc) is 2.86. The molecule has 0 unspecified atom stereocenters. The van der Waals surface area contributed by atoms with E-state index in [1.165, 1.54) is 61.2 Å². The van der Waals surface area contributed by atoms with Gasteiger partial charge in [-0.1, -0.05) is 12.1 Å². The largest absolute Gasteiger partial charge is 0.379 e. The molecule has 1 aliphatic carbocycles. The fourth-order valence-corrected chi connectivity index (χ4v) is 5.58. The lowest BCUT2D eigenvalue weighted by atomic mass is 9.90. The maximum atomic E-state index is 5.50. The Morgan fingerprint density at radius 1 is 1.06 bits per heavy atom. The van der Waals surface area contributed by atoms with Gasteiger partial charge in [-0.25, -0.2) is 0 Å². The van der Waals surface area contributed by atoms with Crippen molar-refractivity contribution in [1.82, 2.24) is 25.1 Å². The van der Waals surface area contributed by atoms with Gasteiger partial charge >= 0.3 is 0 Å². The van der Waals surface area contributed by atoms with Crippen molar-refractivity contribution in [2.75, 3.05) is 45.9 Å². The van der Waals surface area contributed by atoms with Crippen molar-refractivity contribution in [3.8, 4) is 0 Å². The molecule has 1 fully saturated rings. The normalized spacial score (nSPS) is 23.7. The van der Waals surface area contributed by atoms with E-state index in [9.17, 15) is 0 Å². The van der Waals surface area contributed by atoms with Gasteiger partial charge in [-0.2, -0.15) is 0 Å². The van der Waals surface area contributed by atoms with Crippen molar-refractivity contribution in [3.63, 3.8) is 0 Å². The molecule has 1 N–H and O–H groups in total. The molecule has 6 nitrogen and oxygen atoms in total. The number of nitrogens with one attached hydrogen (secondary N) is 1. The number of ether oxygens (including phenoxy) is 1. The monoisotopic (exact) mass is 435 g/mol. The zero-order valence-corrected chi connectivity index (χ0v) is 19.2. The first-order valence-corrected chi connectivity index (χ1v) is 12.5. The maximum absolute atomic E-state index is 5.50. The summed E-state index contributed by atoms with van der Waals surface area (Å²) in [6.07, 6.45) is 11.1. The summed E-state index contributed by atoms with van der Waals surface area (Å²) in [7, 11) is 0. The maximum Gasteiger partial charge on any atom is 0.0607 e. The van der Waals surface area contributed by atoms with E-state index in [1.807, 2.05) is 18.5 Å². The Morgan fingerprint density at radius 3 is 2.81 bits per heavy atom. The van der Waals surface area contributed by atoms with E-state index in [0.29, 0.717) is 12.1 Å². The lowest BCUT2D eigenvalue weighted by Gasteiger charge is -2.38. The van der Waals surface area contributed by atoms with Crippen LogP contribution in [0, 0.1) is 0 Å². The van der Waals surface area contributed by atoms with Crippen molar-refractivity contribution < 1.29 is 4.74 Å². The predicted octanol–water partition coefficient (Wildman–Crippen LogP) is 2.98. The number of fused-ring (bicyclic) bond motifs is 2. The van der Waals surface area contributed by atoms with E-state index in [4.69, 9.17) is 9.72 Å². The molecule has 0 aromatic carbocycles. The summed E-state index contributed by atoms with van der Waals surface area (Å²) in [6.45, 7) is 8.27. The van der Waals surface area contributed by atoms with Crippen LogP contribution in [0.3, 0.4) is 0 Å². The van der Waals surface area contributed by atoms with Crippen LogP contribution < -0.4 is 5.32 Å². The third-order valence-electron chi connectivity index (χ3n) is 7.34. The van der Waals surface area contributed by atoms with E-state index >= 15 is 0 Å². The van der Waals surface area contributed by atoms with Crippen LogP contribution in [-0.4, -0.2) is 71.7 Å². The number of aromatic nitrogens is 2. The van der Waals surface area contributed by atoms with Crippen molar-refractivity contribution in [2.45, 2.75) is 57.2 Å². The van der Waals surface area contributed by atoms with E-state index < -0.39 is 0 Å². The Morgan fingerprint density at radius 2 is 1.91 bits per heavy atom. The first-order valence-electron chi connectivity index (χ1n) is 12.5. The summed E-state index contributed by atoms with van der Waals surface area (Å²) in [6, 6.07) is 9.52. The predicted molar refractivity (Wildman–Crippen MR) is 127 cm³/mol. The van der Waals surface area contributed by atoms with Crippen molar-refractivity contribution >= 4 is 0 Å². The smallest absolute Gasteiger partial charge is 0.0607 e. The molecule has 4 heterocycles. The minimum atomic E-state index is 0.440. The molecule has 2 aliphatic heterocycles. The lowest BCUT2D eigenvalue weighted by molar-refractivity contribution is 0.0365. The van der Waals surface area contributed by atoms with Crippen LogP contribution in [0.1, 0.15) is 54.2 Å². The van der Waals surface area contributed by atoms with Crippen molar-refractivity contribution in [2.24, 2.45) is 0 Å². The number of unbranched alkanes of at least 4 members (excludes halogenated alkanes) is 1. The van der Waals surface area contributed by atoms with Crippen LogP contribution in [-0.2, 0) is 24.1 Å². The molecule has 5 rings (SSSR count). The molecule has 0 amide bonds. The topological polar surface area (TPSA) is 53.5 Å². The van der Waals surface area contributed by atoms with Crippen LogP contribution in [0.15, 0.2) is 36.7 Å².